The Hall–Kier alpha value is -2.19. The minimum Gasteiger partial charge on any atom is -0.324 e. The van der Waals surface area contributed by atoms with Crippen molar-refractivity contribution in [2.45, 2.75) is 24.8 Å². The van der Waals surface area contributed by atoms with E-state index in [1.807, 2.05) is 35.8 Å². The van der Waals surface area contributed by atoms with Crippen molar-refractivity contribution in [3.05, 3.63) is 53.1 Å². The van der Waals surface area contributed by atoms with E-state index in [4.69, 9.17) is 11.6 Å². The molecule has 0 atom stereocenters. The lowest BCUT2D eigenvalue weighted by Crippen LogP contribution is -2.16. The van der Waals surface area contributed by atoms with Gasteiger partial charge in [0.25, 0.3) is 0 Å². The third kappa shape index (κ3) is 4.39. The molecule has 1 heterocycles. The number of fused-ring (bicyclic) bond motifs is 1. The molecule has 1 amide bonds. The number of carbonyl (C=O) groups excluding carboxylic acids is 1. The SMILES string of the molecule is CCn1c(SCC(=O)Nc2cc(C(F)(F)F)ccc2Cl)nc2ccccc21. The predicted molar refractivity (Wildman–Crippen MR) is 101 cm³/mol. The van der Waals surface area contributed by atoms with E-state index in [9.17, 15) is 18.0 Å². The summed E-state index contributed by atoms with van der Waals surface area (Å²) in [6.45, 7) is 2.66. The molecule has 27 heavy (non-hydrogen) atoms. The van der Waals surface area contributed by atoms with Crippen LogP contribution in [-0.4, -0.2) is 21.2 Å². The summed E-state index contributed by atoms with van der Waals surface area (Å²) in [6, 6.07) is 10.4. The van der Waals surface area contributed by atoms with Crippen molar-refractivity contribution in [1.29, 1.82) is 0 Å². The smallest absolute Gasteiger partial charge is 0.324 e. The maximum Gasteiger partial charge on any atom is 0.416 e. The summed E-state index contributed by atoms with van der Waals surface area (Å²) in [4.78, 5) is 16.7. The Morgan fingerprint density at radius 2 is 2.00 bits per heavy atom. The number of carbonyl (C=O) groups is 1. The fourth-order valence-electron chi connectivity index (χ4n) is 2.58. The van der Waals surface area contributed by atoms with Gasteiger partial charge in [-0.25, -0.2) is 4.98 Å². The molecule has 2 aromatic carbocycles. The van der Waals surface area contributed by atoms with Crippen LogP contribution in [0.1, 0.15) is 12.5 Å². The Morgan fingerprint density at radius 3 is 2.70 bits per heavy atom. The number of benzene rings is 2. The fraction of sp³-hybridized carbons (Fsp3) is 0.222. The van der Waals surface area contributed by atoms with Gasteiger partial charge in [-0.1, -0.05) is 35.5 Å². The highest BCUT2D eigenvalue weighted by molar-refractivity contribution is 7.99. The van der Waals surface area contributed by atoms with Crippen LogP contribution < -0.4 is 5.32 Å². The molecule has 0 aliphatic rings. The van der Waals surface area contributed by atoms with Gasteiger partial charge in [0.05, 0.1) is 33.1 Å². The van der Waals surface area contributed by atoms with Gasteiger partial charge in [0.2, 0.25) is 5.91 Å². The Bertz CT molecular complexity index is 988. The molecule has 0 radical (unpaired) electrons. The van der Waals surface area contributed by atoms with E-state index < -0.39 is 17.6 Å². The quantitative estimate of drug-likeness (QED) is 0.565. The predicted octanol–water partition coefficient (Wildman–Crippen LogP) is 5.46. The average Bonchev–Trinajstić information content (AvgIpc) is 2.98. The van der Waals surface area contributed by atoms with Gasteiger partial charge in [-0.3, -0.25) is 4.79 Å². The summed E-state index contributed by atoms with van der Waals surface area (Å²) in [6.07, 6.45) is -4.51. The van der Waals surface area contributed by atoms with Crippen LogP contribution in [0.5, 0.6) is 0 Å². The number of alkyl halides is 3. The highest BCUT2D eigenvalue weighted by Crippen LogP contribution is 2.34. The molecule has 142 valence electrons. The van der Waals surface area contributed by atoms with Crippen molar-refractivity contribution in [3.63, 3.8) is 0 Å². The molecular weight excluding hydrogens is 399 g/mol. The normalized spacial score (nSPS) is 11.7. The van der Waals surface area contributed by atoms with E-state index in [2.05, 4.69) is 10.3 Å². The van der Waals surface area contributed by atoms with Crippen LogP contribution >= 0.6 is 23.4 Å². The molecule has 1 N–H and O–H groups in total. The Morgan fingerprint density at radius 1 is 1.26 bits per heavy atom. The summed E-state index contributed by atoms with van der Waals surface area (Å²) < 4.78 is 40.4. The maximum atomic E-state index is 12.8. The standard InChI is InChI=1S/C18H15ClF3N3OS/c1-2-25-15-6-4-3-5-13(15)24-17(25)27-10-16(26)23-14-9-11(18(20,21)22)7-8-12(14)19/h3-9H,2,10H2,1H3,(H,23,26). The second-order valence-corrected chi connectivity index (χ2v) is 7.01. The van der Waals surface area contributed by atoms with Crippen LogP contribution in [0, 0.1) is 0 Å². The van der Waals surface area contributed by atoms with Crippen LogP contribution in [0.4, 0.5) is 18.9 Å². The maximum absolute atomic E-state index is 12.8. The largest absolute Gasteiger partial charge is 0.416 e. The zero-order valence-corrected chi connectivity index (χ0v) is 15.8. The first-order valence-electron chi connectivity index (χ1n) is 8.04. The number of para-hydroxylation sites is 2. The van der Waals surface area contributed by atoms with E-state index in [-0.39, 0.29) is 16.5 Å². The van der Waals surface area contributed by atoms with Gasteiger partial charge in [0, 0.05) is 6.54 Å². The number of hydrogen-bond acceptors (Lipinski definition) is 3. The summed E-state index contributed by atoms with van der Waals surface area (Å²) >= 11 is 7.12. The van der Waals surface area contributed by atoms with Crippen molar-refractivity contribution in [1.82, 2.24) is 9.55 Å². The molecule has 0 aliphatic heterocycles. The molecule has 4 nitrogen and oxygen atoms in total. The van der Waals surface area contributed by atoms with Crippen molar-refractivity contribution >= 4 is 46.0 Å². The minimum atomic E-state index is -4.51. The van der Waals surface area contributed by atoms with Gasteiger partial charge in [0.1, 0.15) is 0 Å². The van der Waals surface area contributed by atoms with E-state index in [1.165, 1.54) is 11.8 Å². The molecule has 0 fully saturated rings. The van der Waals surface area contributed by atoms with Gasteiger partial charge < -0.3 is 9.88 Å². The molecule has 3 rings (SSSR count). The van der Waals surface area contributed by atoms with Crippen LogP contribution in [0.15, 0.2) is 47.6 Å². The van der Waals surface area contributed by atoms with E-state index in [1.54, 1.807) is 0 Å². The number of aryl methyl sites for hydroxylation is 1. The van der Waals surface area contributed by atoms with Gasteiger partial charge in [-0.15, -0.1) is 0 Å². The third-order valence-electron chi connectivity index (χ3n) is 3.84. The summed E-state index contributed by atoms with van der Waals surface area (Å²) in [5.41, 5.74) is 0.843. The highest BCUT2D eigenvalue weighted by atomic mass is 35.5. The molecule has 0 spiro atoms. The zero-order chi connectivity index (χ0) is 19.6. The van der Waals surface area contributed by atoms with E-state index >= 15 is 0 Å². The van der Waals surface area contributed by atoms with Gasteiger partial charge >= 0.3 is 6.18 Å². The molecular formula is C18H15ClF3N3OS. The van der Waals surface area contributed by atoms with Gasteiger partial charge in [-0.2, -0.15) is 13.2 Å². The van der Waals surface area contributed by atoms with Crippen molar-refractivity contribution in [2.24, 2.45) is 0 Å². The van der Waals surface area contributed by atoms with Crippen LogP contribution in [0.25, 0.3) is 11.0 Å². The zero-order valence-electron chi connectivity index (χ0n) is 14.2. The number of amides is 1. The molecule has 1 aromatic heterocycles. The second-order valence-electron chi connectivity index (χ2n) is 5.66. The molecule has 0 bridgehead atoms. The molecule has 0 aliphatic carbocycles. The Kier molecular flexibility index (Phi) is 5.67. The second kappa shape index (κ2) is 7.82. The number of aromatic nitrogens is 2. The molecule has 3 aromatic rings. The first kappa shape index (κ1) is 19.6. The van der Waals surface area contributed by atoms with Crippen LogP contribution in [0.2, 0.25) is 5.02 Å². The van der Waals surface area contributed by atoms with E-state index in [0.717, 1.165) is 29.2 Å². The lowest BCUT2D eigenvalue weighted by Gasteiger charge is -2.11. The van der Waals surface area contributed by atoms with Gasteiger partial charge in [0.15, 0.2) is 5.16 Å². The topological polar surface area (TPSA) is 46.9 Å². The number of thioether (sulfide) groups is 1. The first-order valence-corrected chi connectivity index (χ1v) is 9.40. The van der Waals surface area contributed by atoms with Gasteiger partial charge in [-0.05, 0) is 37.3 Å². The average molecular weight is 414 g/mol. The molecule has 0 unspecified atom stereocenters. The lowest BCUT2D eigenvalue weighted by atomic mass is 10.2. The first-order chi connectivity index (χ1) is 12.8. The number of halogens is 4. The van der Waals surface area contributed by atoms with Crippen LogP contribution in [-0.2, 0) is 17.5 Å². The Balaban J connectivity index is 1.72. The van der Waals surface area contributed by atoms with Crippen molar-refractivity contribution < 1.29 is 18.0 Å². The highest BCUT2D eigenvalue weighted by Gasteiger charge is 2.31. The molecule has 0 saturated heterocycles. The number of rotatable bonds is 5. The fourth-order valence-corrected chi connectivity index (χ4v) is 3.63. The summed E-state index contributed by atoms with van der Waals surface area (Å²) in [5, 5.41) is 3.15. The summed E-state index contributed by atoms with van der Waals surface area (Å²) in [7, 11) is 0. The monoisotopic (exact) mass is 413 g/mol. The van der Waals surface area contributed by atoms with Crippen molar-refractivity contribution in [2.75, 3.05) is 11.1 Å². The van der Waals surface area contributed by atoms with Crippen LogP contribution in [0.3, 0.4) is 0 Å². The van der Waals surface area contributed by atoms with E-state index in [0.29, 0.717) is 11.7 Å². The third-order valence-corrected chi connectivity index (χ3v) is 5.14. The number of nitrogens with one attached hydrogen (secondary N) is 1. The number of anilines is 1. The summed E-state index contributed by atoms with van der Waals surface area (Å²) in [5.74, 6) is -0.466. The lowest BCUT2D eigenvalue weighted by molar-refractivity contribution is -0.137. The number of imidazole rings is 1. The Labute approximate surface area is 162 Å². The number of nitrogens with zero attached hydrogens (tertiary/aromatic N) is 2. The molecule has 0 saturated carbocycles. The molecule has 9 heteroatoms. The minimum absolute atomic E-state index is 0.00407. The number of hydrogen-bond donors (Lipinski definition) is 1. The van der Waals surface area contributed by atoms with Crippen molar-refractivity contribution in [3.8, 4) is 0 Å².